The van der Waals surface area contributed by atoms with Crippen LogP contribution in [0.1, 0.15) is 39.2 Å². The number of alkyl halides is 3. The van der Waals surface area contributed by atoms with Gasteiger partial charge in [0.05, 0.1) is 19.2 Å². The van der Waals surface area contributed by atoms with E-state index < -0.39 is 40.3 Å². The van der Waals surface area contributed by atoms with Crippen LogP contribution in [-0.4, -0.2) is 41.3 Å². The lowest BCUT2D eigenvalue weighted by Gasteiger charge is -2.35. The van der Waals surface area contributed by atoms with E-state index in [-0.39, 0.29) is 25.1 Å². The molecule has 0 radical (unpaired) electrons. The van der Waals surface area contributed by atoms with Crippen LogP contribution < -0.4 is 10.1 Å². The number of carbonyl (C=O) groups is 3. The molecule has 0 bridgehead atoms. The number of hydrogen-bond donors (Lipinski definition) is 1. The summed E-state index contributed by atoms with van der Waals surface area (Å²) in [6.07, 6.45) is -5.22. The van der Waals surface area contributed by atoms with Gasteiger partial charge in [-0.2, -0.15) is 13.2 Å². The van der Waals surface area contributed by atoms with Crippen LogP contribution in [0.4, 0.5) is 13.2 Å². The second-order valence-corrected chi connectivity index (χ2v) is 8.43. The number of Topliss-reactive ketones (excluding diaryl/α,β-unsaturated/α-hetero) is 1. The molecule has 0 fully saturated rings. The lowest BCUT2D eigenvalue weighted by Crippen LogP contribution is -2.65. The van der Waals surface area contributed by atoms with Gasteiger partial charge in [0.25, 0.3) is 5.91 Å². The van der Waals surface area contributed by atoms with E-state index in [0.29, 0.717) is 11.3 Å². The molecule has 0 saturated carbocycles. The highest BCUT2D eigenvalue weighted by molar-refractivity contribution is 6.13. The van der Waals surface area contributed by atoms with Gasteiger partial charge in [-0.25, -0.2) is 0 Å². The summed E-state index contributed by atoms with van der Waals surface area (Å²) in [6, 6.07) is 6.53. The number of ether oxygens (including phenoxy) is 1. The number of amides is 2. The highest BCUT2D eigenvalue weighted by Gasteiger charge is 2.71. The van der Waals surface area contributed by atoms with Crippen molar-refractivity contribution in [2.45, 2.75) is 51.9 Å². The Morgan fingerprint density at radius 3 is 2.27 bits per heavy atom. The number of ketones is 1. The van der Waals surface area contributed by atoms with Crippen molar-refractivity contribution in [1.29, 1.82) is 0 Å². The number of methoxy groups -OCH3 is 1. The summed E-state index contributed by atoms with van der Waals surface area (Å²) >= 11 is 0. The molecule has 1 N–H and O–H groups in total. The Labute approximate surface area is 172 Å². The summed E-state index contributed by atoms with van der Waals surface area (Å²) in [7, 11) is 1.48. The van der Waals surface area contributed by atoms with E-state index in [1.165, 1.54) is 7.11 Å². The van der Waals surface area contributed by atoms with Gasteiger partial charge in [-0.15, -0.1) is 0 Å². The molecule has 1 unspecified atom stereocenters. The molecular formula is C21H23F3N2O4. The topological polar surface area (TPSA) is 75.7 Å². The largest absolute Gasteiger partial charge is 0.497 e. The van der Waals surface area contributed by atoms with Gasteiger partial charge in [-0.1, -0.05) is 26.0 Å². The second-order valence-electron chi connectivity index (χ2n) is 8.43. The third-order valence-electron chi connectivity index (χ3n) is 5.41. The van der Waals surface area contributed by atoms with Crippen molar-refractivity contribution < 1.29 is 32.3 Å². The van der Waals surface area contributed by atoms with Gasteiger partial charge in [-0.3, -0.25) is 14.4 Å². The molecule has 0 aromatic heterocycles. The van der Waals surface area contributed by atoms with Crippen LogP contribution in [0.25, 0.3) is 0 Å². The lowest BCUT2D eigenvalue weighted by atomic mass is 9.72. The zero-order chi connectivity index (χ0) is 22.5. The van der Waals surface area contributed by atoms with Crippen LogP contribution >= 0.6 is 0 Å². The Kier molecular flexibility index (Phi) is 5.20. The smallest absolute Gasteiger partial charge is 0.425 e. The molecule has 1 heterocycles. The fourth-order valence-electron chi connectivity index (χ4n) is 4.17. The summed E-state index contributed by atoms with van der Waals surface area (Å²) < 4.78 is 48.0. The number of allylic oxidation sites excluding steroid dienone is 1. The maximum absolute atomic E-state index is 14.3. The number of carbonyl (C=O) groups excluding carboxylic acids is 3. The number of nitrogens with zero attached hydrogens (tertiary/aromatic N) is 1. The lowest BCUT2D eigenvalue weighted by molar-refractivity contribution is -0.194. The van der Waals surface area contributed by atoms with Gasteiger partial charge in [0, 0.05) is 19.0 Å². The number of nitrogens with one attached hydrogen (secondary N) is 1. The SMILES string of the molecule is COc1ccc(CN2C(=O)C(NC(C)=O)(C(F)(F)F)C3=C2CC(C)(C)CC3=O)cc1. The first-order valence-corrected chi connectivity index (χ1v) is 9.39. The van der Waals surface area contributed by atoms with Gasteiger partial charge in [0.1, 0.15) is 5.75 Å². The molecule has 2 aliphatic rings. The standard InChI is InChI=1S/C21H23F3N2O4/c1-12(27)25-20(21(22,23)24)17-15(9-19(2,3)10-16(17)28)26(18(20)29)11-13-5-7-14(30-4)8-6-13/h5-8H,9-11H2,1-4H3,(H,25,27). The minimum Gasteiger partial charge on any atom is -0.497 e. The fraction of sp³-hybridized carbons (Fsp3) is 0.476. The average Bonchev–Trinajstić information content (AvgIpc) is 2.84. The van der Waals surface area contributed by atoms with Crippen LogP contribution in [-0.2, 0) is 20.9 Å². The van der Waals surface area contributed by atoms with E-state index in [9.17, 15) is 27.6 Å². The normalized spacial score (nSPS) is 23.5. The number of benzene rings is 1. The third-order valence-corrected chi connectivity index (χ3v) is 5.41. The predicted molar refractivity (Wildman–Crippen MR) is 101 cm³/mol. The Hall–Kier alpha value is -2.84. The zero-order valence-electron chi connectivity index (χ0n) is 17.1. The van der Waals surface area contributed by atoms with E-state index >= 15 is 0 Å². The highest BCUT2D eigenvalue weighted by Crippen LogP contribution is 2.52. The van der Waals surface area contributed by atoms with E-state index in [4.69, 9.17) is 4.74 Å². The number of hydrogen-bond acceptors (Lipinski definition) is 4. The molecule has 2 amide bonds. The minimum absolute atomic E-state index is 0.0168. The van der Waals surface area contributed by atoms with Gasteiger partial charge < -0.3 is 15.0 Å². The molecule has 1 aromatic rings. The van der Waals surface area contributed by atoms with Gasteiger partial charge in [0.2, 0.25) is 11.4 Å². The summed E-state index contributed by atoms with van der Waals surface area (Å²) in [5.41, 5.74) is -4.07. The van der Waals surface area contributed by atoms with Gasteiger partial charge in [-0.05, 0) is 29.5 Å². The molecule has 162 valence electrons. The molecule has 1 atom stereocenters. The predicted octanol–water partition coefficient (Wildman–Crippen LogP) is 3.12. The zero-order valence-corrected chi connectivity index (χ0v) is 17.1. The number of rotatable bonds is 4. The first-order valence-electron chi connectivity index (χ1n) is 9.39. The summed E-state index contributed by atoms with van der Waals surface area (Å²) in [4.78, 5) is 38.8. The quantitative estimate of drug-likeness (QED) is 0.806. The molecule has 30 heavy (non-hydrogen) atoms. The first kappa shape index (κ1) is 21.9. The Morgan fingerprint density at radius 2 is 1.77 bits per heavy atom. The third kappa shape index (κ3) is 3.46. The van der Waals surface area contributed by atoms with Crippen LogP contribution in [0, 0.1) is 5.41 Å². The van der Waals surface area contributed by atoms with Crippen LogP contribution in [0.15, 0.2) is 35.5 Å². The molecule has 1 aliphatic heterocycles. The van der Waals surface area contributed by atoms with E-state index in [0.717, 1.165) is 11.8 Å². The first-order chi connectivity index (χ1) is 13.8. The van der Waals surface area contributed by atoms with Gasteiger partial charge >= 0.3 is 6.18 Å². The Balaban J connectivity index is 2.16. The van der Waals surface area contributed by atoms with Crippen molar-refractivity contribution in [3.8, 4) is 5.75 Å². The molecule has 0 saturated heterocycles. The van der Waals surface area contributed by atoms with E-state index in [1.54, 1.807) is 43.4 Å². The molecule has 0 spiro atoms. The van der Waals surface area contributed by atoms with Crippen LogP contribution in [0.3, 0.4) is 0 Å². The molecule has 3 rings (SSSR count). The summed E-state index contributed by atoms with van der Waals surface area (Å²) in [5, 5.41) is 1.78. The van der Waals surface area contributed by atoms with Crippen molar-refractivity contribution in [3.63, 3.8) is 0 Å². The van der Waals surface area contributed by atoms with Crippen molar-refractivity contribution >= 4 is 17.6 Å². The second kappa shape index (κ2) is 7.14. The highest BCUT2D eigenvalue weighted by atomic mass is 19.4. The van der Waals surface area contributed by atoms with Crippen molar-refractivity contribution in [2.24, 2.45) is 5.41 Å². The van der Waals surface area contributed by atoms with Gasteiger partial charge in [0.15, 0.2) is 5.78 Å². The van der Waals surface area contributed by atoms with Crippen molar-refractivity contribution in [2.75, 3.05) is 7.11 Å². The Bertz CT molecular complexity index is 935. The van der Waals surface area contributed by atoms with E-state index in [2.05, 4.69) is 0 Å². The summed E-state index contributed by atoms with van der Waals surface area (Å²) in [6.45, 7) is 4.25. The van der Waals surface area contributed by atoms with Crippen molar-refractivity contribution in [3.05, 3.63) is 41.1 Å². The van der Waals surface area contributed by atoms with E-state index in [1.807, 2.05) is 0 Å². The molecule has 1 aromatic carbocycles. The molecular weight excluding hydrogens is 401 g/mol. The fourth-order valence-corrected chi connectivity index (χ4v) is 4.17. The average molecular weight is 424 g/mol. The van der Waals surface area contributed by atoms with Crippen LogP contribution in [0.2, 0.25) is 0 Å². The monoisotopic (exact) mass is 424 g/mol. The summed E-state index contributed by atoms with van der Waals surface area (Å²) in [5.74, 6) is -2.63. The molecule has 9 heteroatoms. The maximum Gasteiger partial charge on any atom is 0.425 e. The molecule has 6 nitrogen and oxygen atoms in total. The maximum atomic E-state index is 14.3. The van der Waals surface area contributed by atoms with Crippen LogP contribution in [0.5, 0.6) is 5.75 Å². The van der Waals surface area contributed by atoms with Crippen molar-refractivity contribution in [1.82, 2.24) is 10.2 Å². The Morgan fingerprint density at radius 1 is 1.17 bits per heavy atom. The number of halogens is 3. The minimum atomic E-state index is -5.18. The molecule has 1 aliphatic carbocycles.